The molecular formula is C14H30O2Si. The van der Waals surface area contributed by atoms with Crippen LogP contribution >= 0.6 is 0 Å². The zero-order valence-corrected chi connectivity index (χ0v) is 13.1. The summed E-state index contributed by atoms with van der Waals surface area (Å²) >= 11 is 0. The van der Waals surface area contributed by atoms with Gasteiger partial charge >= 0.3 is 9.28 Å². The molecule has 0 aliphatic heterocycles. The Morgan fingerprint density at radius 1 is 1.06 bits per heavy atom. The van der Waals surface area contributed by atoms with Gasteiger partial charge in [-0.05, 0) is 17.9 Å². The Morgan fingerprint density at radius 3 is 2.18 bits per heavy atom. The molecule has 0 amide bonds. The lowest BCUT2D eigenvalue weighted by atomic mass is 9.92. The summed E-state index contributed by atoms with van der Waals surface area (Å²) in [4.78, 5) is 0. The van der Waals surface area contributed by atoms with E-state index in [9.17, 15) is 0 Å². The quantitative estimate of drug-likeness (QED) is 0.509. The second-order valence-corrected chi connectivity index (χ2v) is 7.95. The molecule has 1 atom stereocenters. The first-order valence-corrected chi connectivity index (χ1v) is 9.07. The van der Waals surface area contributed by atoms with Crippen LogP contribution in [-0.2, 0) is 8.85 Å². The van der Waals surface area contributed by atoms with Gasteiger partial charge in [0.1, 0.15) is 0 Å². The maximum atomic E-state index is 5.40. The van der Waals surface area contributed by atoms with E-state index in [-0.39, 0.29) is 0 Å². The van der Waals surface area contributed by atoms with Gasteiger partial charge in [0.25, 0.3) is 0 Å². The summed E-state index contributed by atoms with van der Waals surface area (Å²) in [5.74, 6) is 1.78. The normalized spacial score (nSPS) is 20.5. The fourth-order valence-electron chi connectivity index (χ4n) is 2.91. The lowest BCUT2D eigenvalue weighted by Gasteiger charge is -2.19. The van der Waals surface area contributed by atoms with Crippen molar-refractivity contribution >= 4 is 9.28 Å². The highest BCUT2D eigenvalue weighted by molar-refractivity contribution is 6.44. The molecule has 0 saturated heterocycles. The van der Waals surface area contributed by atoms with Crippen LogP contribution in [0.15, 0.2) is 0 Å². The standard InChI is InChI=1S/C14H30O2Si/c1-13(12-17(15-2)16-3)10-11-14-8-6-4-5-7-9-14/h13-14,17H,4-12H2,1-3H3. The SMILES string of the molecule is CO[SiH](CC(C)CCC1CCCCCC1)OC. The minimum Gasteiger partial charge on any atom is -0.400 e. The van der Waals surface area contributed by atoms with Gasteiger partial charge < -0.3 is 8.85 Å². The van der Waals surface area contributed by atoms with Gasteiger partial charge in [-0.25, -0.2) is 0 Å². The van der Waals surface area contributed by atoms with Crippen LogP contribution in [0.25, 0.3) is 0 Å². The van der Waals surface area contributed by atoms with Crippen LogP contribution in [0.3, 0.4) is 0 Å². The molecule has 102 valence electrons. The second-order valence-electron chi connectivity index (χ2n) is 5.68. The molecule has 0 heterocycles. The van der Waals surface area contributed by atoms with Crippen LogP contribution in [0.4, 0.5) is 0 Å². The Balaban J connectivity index is 2.15. The topological polar surface area (TPSA) is 18.5 Å². The molecule has 1 aliphatic carbocycles. The highest BCUT2D eigenvalue weighted by Gasteiger charge is 2.17. The number of hydrogen-bond acceptors (Lipinski definition) is 2. The van der Waals surface area contributed by atoms with Crippen molar-refractivity contribution in [3.05, 3.63) is 0 Å². The van der Waals surface area contributed by atoms with Crippen molar-refractivity contribution in [2.75, 3.05) is 14.2 Å². The lowest BCUT2D eigenvalue weighted by Crippen LogP contribution is -2.22. The van der Waals surface area contributed by atoms with E-state index in [0.29, 0.717) is 0 Å². The third-order valence-corrected chi connectivity index (χ3v) is 6.40. The van der Waals surface area contributed by atoms with Crippen molar-refractivity contribution in [2.24, 2.45) is 11.8 Å². The maximum Gasteiger partial charge on any atom is 0.321 e. The van der Waals surface area contributed by atoms with Crippen LogP contribution in [0, 0.1) is 11.8 Å². The smallest absolute Gasteiger partial charge is 0.321 e. The van der Waals surface area contributed by atoms with Crippen LogP contribution in [-0.4, -0.2) is 23.5 Å². The Hall–Kier alpha value is 0.137. The van der Waals surface area contributed by atoms with Crippen LogP contribution in [0.1, 0.15) is 58.3 Å². The highest BCUT2D eigenvalue weighted by Crippen LogP contribution is 2.28. The van der Waals surface area contributed by atoms with E-state index < -0.39 is 9.28 Å². The third-order valence-electron chi connectivity index (χ3n) is 4.16. The Morgan fingerprint density at radius 2 is 1.65 bits per heavy atom. The van der Waals surface area contributed by atoms with Crippen LogP contribution < -0.4 is 0 Å². The molecule has 0 aromatic carbocycles. The van der Waals surface area contributed by atoms with Gasteiger partial charge in [-0.1, -0.05) is 58.3 Å². The summed E-state index contributed by atoms with van der Waals surface area (Å²) in [7, 11) is 2.25. The fraction of sp³-hybridized carbons (Fsp3) is 1.00. The zero-order valence-electron chi connectivity index (χ0n) is 11.9. The Bertz CT molecular complexity index is 175. The summed E-state index contributed by atoms with van der Waals surface area (Å²) in [6.07, 6.45) is 11.6. The fourth-order valence-corrected chi connectivity index (χ4v) is 4.38. The predicted octanol–water partition coefficient (Wildman–Crippen LogP) is 3.89. The highest BCUT2D eigenvalue weighted by atomic mass is 28.3. The second kappa shape index (κ2) is 9.12. The first-order chi connectivity index (χ1) is 8.26. The molecule has 1 unspecified atom stereocenters. The monoisotopic (exact) mass is 258 g/mol. The van der Waals surface area contributed by atoms with Crippen LogP contribution in [0.2, 0.25) is 6.04 Å². The van der Waals surface area contributed by atoms with Gasteiger partial charge in [-0.3, -0.25) is 0 Å². The van der Waals surface area contributed by atoms with E-state index in [1.807, 2.05) is 0 Å². The minimum absolute atomic E-state index is 0.773. The van der Waals surface area contributed by atoms with E-state index in [1.54, 1.807) is 14.2 Å². The molecule has 1 aliphatic rings. The molecular weight excluding hydrogens is 228 g/mol. The summed E-state index contributed by atoms with van der Waals surface area (Å²) in [5, 5.41) is 0. The largest absolute Gasteiger partial charge is 0.400 e. The third kappa shape index (κ3) is 6.58. The molecule has 0 aromatic rings. The number of rotatable bonds is 7. The first kappa shape index (κ1) is 15.2. The summed E-state index contributed by atoms with van der Waals surface area (Å²) in [6, 6.07) is 1.17. The minimum atomic E-state index is -1.33. The molecule has 0 aromatic heterocycles. The number of hydrogen-bond donors (Lipinski definition) is 0. The molecule has 1 saturated carbocycles. The average molecular weight is 258 g/mol. The molecule has 0 radical (unpaired) electrons. The maximum absolute atomic E-state index is 5.40. The van der Waals surface area contributed by atoms with Crippen molar-refractivity contribution in [1.29, 1.82) is 0 Å². The van der Waals surface area contributed by atoms with E-state index >= 15 is 0 Å². The molecule has 0 bridgehead atoms. The Labute approximate surface area is 109 Å². The van der Waals surface area contributed by atoms with Crippen molar-refractivity contribution in [2.45, 2.75) is 64.3 Å². The van der Waals surface area contributed by atoms with Crippen LogP contribution in [0.5, 0.6) is 0 Å². The van der Waals surface area contributed by atoms with Crippen molar-refractivity contribution in [1.82, 2.24) is 0 Å². The van der Waals surface area contributed by atoms with Crippen molar-refractivity contribution in [3.63, 3.8) is 0 Å². The van der Waals surface area contributed by atoms with E-state index in [4.69, 9.17) is 8.85 Å². The van der Waals surface area contributed by atoms with Gasteiger partial charge in [-0.15, -0.1) is 0 Å². The predicted molar refractivity (Wildman–Crippen MR) is 75.6 cm³/mol. The van der Waals surface area contributed by atoms with E-state index in [2.05, 4.69) is 6.92 Å². The van der Waals surface area contributed by atoms with Gasteiger partial charge in [-0.2, -0.15) is 0 Å². The van der Waals surface area contributed by atoms with Crippen molar-refractivity contribution in [3.8, 4) is 0 Å². The first-order valence-electron chi connectivity index (χ1n) is 7.31. The zero-order chi connectivity index (χ0) is 12.5. The summed E-state index contributed by atoms with van der Waals surface area (Å²) < 4.78 is 10.8. The summed E-state index contributed by atoms with van der Waals surface area (Å²) in [5.41, 5.74) is 0. The van der Waals surface area contributed by atoms with E-state index in [0.717, 1.165) is 11.8 Å². The van der Waals surface area contributed by atoms with Gasteiger partial charge in [0.15, 0.2) is 0 Å². The molecule has 2 nitrogen and oxygen atoms in total. The molecule has 0 spiro atoms. The summed E-state index contributed by atoms with van der Waals surface area (Å²) in [6.45, 7) is 2.36. The molecule has 1 rings (SSSR count). The lowest BCUT2D eigenvalue weighted by molar-refractivity contribution is 0.267. The van der Waals surface area contributed by atoms with Gasteiger partial charge in [0.05, 0.1) is 0 Å². The molecule has 3 heteroatoms. The average Bonchev–Trinajstić information content (AvgIpc) is 2.62. The molecule has 17 heavy (non-hydrogen) atoms. The molecule has 1 fully saturated rings. The van der Waals surface area contributed by atoms with Gasteiger partial charge in [0.2, 0.25) is 0 Å². The van der Waals surface area contributed by atoms with E-state index in [1.165, 1.54) is 57.4 Å². The van der Waals surface area contributed by atoms with Gasteiger partial charge in [0, 0.05) is 14.2 Å². The molecule has 0 N–H and O–H groups in total. The Kier molecular flexibility index (Phi) is 8.15. The van der Waals surface area contributed by atoms with Crippen molar-refractivity contribution < 1.29 is 8.85 Å².